The molecule has 0 radical (unpaired) electrons. The first-order valence-electron chi connectivity index (χ1n) is 9.17. The van der Waals surface area contributed by atoms with Gasteiger partial charge in [-0.25, -0.2) is 9.78 Å². The maximum atomic E-state index is 12.9. The van der Waals surface area contributed by atoms with Crippen LogP contribution in [0.1, 0.15) is 17.7 Å². The first kappa shape index (κ1) is 22.3. The number of aromatic nitrogens is 1. The number of aliphatic carboxylic acids is 1. The molecule has 0 aliphatic heterocycles. The Labute approximate surface area is 187 Å². The van der Waals surface area contributed by atoms with E-state index in [0.29, 0.717) is 10.8 Å². The lowest BCUT2D eigenvalue weighted by Crippen LogP contribution is -2.18. The van der Waals surface area contributed by atoms with E-state index in [1.807, 2.05) is 30.3 Å². The molecule has 31 heavy (non-hydrogen) atoms. The van der Waals surface area contributed by atoms with E-state index in [1.165, 1.54) is 30.0 Å². The van der Waals surface area contributed by atoms with Crippen LogP contribution in [-0.4, -0.2) is 27.9 Å². The van der Waals surface area contributed by atoms with E-state index >= 15 is 0 Å². The number of carbonyl (C=O) groups excluding carboxylic acids is 2. The van der Waals surface area contributed by atoms with E-state index in [4.69, 9.17) is 5.11 Å². The lowest BCUT2D eigenvalue weighted by molar-refractivity contribution is -0.132. The molecule has 3 aromatic rings. The third kappa shape index (κ3) is 6.53. The molecule has 0 fully saturated rings. The van der Waals surface area contributed by atoms with Gasteiger partial charge in [-0.1, -0.05) is 30.3 Å². The molecule has 0 spiro atoms. The van der Waals surface area contributed by atoms with Crippen molar-refractivity contribution < 1.29 is 19.5 Å². The Hall–Kier alpha value is -3.43. The van der Waals surface area contributed by atoms with Crippen LogP contribution < -0.4 is 10.6 Å². The number of carboxylic acids is 1. The van der Waals surface area contributed by atoms with Crippen LogP contribution in [0.25, 0.3) is 0 Å². The summed E-state index contributed by atoms with van der Waals surface area (Å²) >= 11 is 2.73. The van der Waals surface area contributed by atoms with Crippen molar-refractivity contribution in [2.45, 2.75) is 17.1 Å². The van der Waals surface area contributed by atoms with Gasteiger partial charge in [-0.3, -0.25) is 9.59 Å². The van der Waals surface area contributed by atoms with Gasteiger partial charge in [-0.05, 0) is 36.8 Å². The highest BCUT2D eigenvalue weighted by molar-refractivity contribution is 8.00. The third-order valence-corrected chi connectivity index (χ3v) is 6.02. The number of thiazole rings is 1. The number of hydrogen-bond donors (Lipinski definition) is 3. The van der Waals surface area contributed by atoms with Crippen molar-refractivity contribution in [3.8, 4) is 0 Å². The molecular weight excluding hydrogens is 434 g/mol. The molecule has 2 amide bonds. The number of anilines is 2. The maximum Gasteiger partial charge on any atom is 0.331 e. The van der Waals surface area contributed by atoms with Crippen LogP contribution in [-0.2, 0) is 14.4 Å². The van der Waals surface area contributed by atoms with Gasteiger partial charge in [0.05, 0.1) is 0 Å². The summed E-state index contributed by atoms with van der Waals surface area (Å²) in [6, 6.07) is 16.4. The van der Waals surface area contributed by atoms with Gasteiger partial charge in [0.15, 0.2) is 5.13 Å². The van der Waals surface area contributed by atoms with Crippen molar-refractivity contribution in [3.05, 3.63) is 83.4 Å². The monoisotopic (exact) mass is 453 g/mol. The molecule has 0 aliphatic carbocycles. The number of nitrogens with one attached hydrogen (secondary N) is 2. The second kappa shape index (κ2) is 10.6. The van der Waals surface area contributed by atoms with Crippen molar-refractivity contribution in [2.24, 2.45) is 0 Å². The van der Waals surface area contributed by atoms with Crippen LogP contribution >= 0.6 is 23.1 Å². The highest BCUT2D eigenvalue weighted by Gasteiger charge is 2.22. The topological polar surface area (TPSA) is 108 Å². The van der Waals surface area contributed by atoms with E-state index in [9.17, 15) is 14.4 Å². The molecule has 7 nitrogen and oxygen atoms in total. The molecule has 1 unspecified atom stereocenters. The van der Waals surface area contributed by atoms with Crippen LogP contribution in [0.2, 0.25) is 0 Å². The fourth-order valence-electron chi connectivity index (χ4n) is 2.55. The second-order valence-corrected chi connectivity index (χ2v) is 8.45. The van der Waals surface area contributed by atoms with Crippen LogP contribution in [0, 0.1) is 0 Å². The SMILES string of the molecule is CC(=CC(=O)Nc1ccc(SC(C(=O)Nc2nccs2)c2ccccc2)cc1)C(=O)O. The van der Waals surface area contributed by atoms with Gasteiger partial charge in [0, 0.05) is 33.8 Å². The molecule has 0 saturated carbocycles. The first-order valence-corrected chi connectivity index (χ1v) is 10.9. The Morgan fingerprint density at radius 1 is 1.06 bits per heavy atom. The van der Waals surface area contributed by atoms with Gasteiger partial charge in [0.2, 0.25) is 11.8 Å². The molecular formula is C22H19N3O4S2. The highest BCUT2D eigenvalue weighted by Crippen LogP contribution is 2.36. The van der Waals surface area contributed by atoms with Crippen molar-refractivity contribution in [1.82, 2.24) is 4.98 Å². The number of carboxylic acid groups (broad SMARTS) is 1. The van der Waals surface area contributed by atoms with Crippen molar-refractivity contribution in [3.63, 3.8) is 0 Å². The molecule has 3 rings (SSSR count). The summed E-state index contributed by atoms with van der Waals surface area (Å²) in [4.78, 5) is 40.6. The molecule has 1 heterocycles. The molecule has 1 atom stereocenters. The summed E-state index contributed by atoms with van der Waals surface area (Å²) in [7, 11) is 0. The average Bonchev–Trinajstić information content (AvgIpc) is 3.26. The van der Waals surface area contributed by atoms with Crippen LogP contribution in [0.5, 0.6) is 0 Å². The minimum Gasteiger partial charge on any atom is -0.478 e. The first-order chi connectivity index (χ1) is 14.9. The fourth-order valence-corrected chi connectivity index (χ4v) is 4.10. The summed E-state index contributed by atoms with van der Waals surface area (Å²) in [6.45, 7) is 1.35. The summed E-state index contributed by atoms with van der Waals surface area (Å²) in [5, 5.41) is 16.1. The zero-order valence-electron chi connectivity index (χ0n) is 16.4. The quantitative estimate of drug-likeness (QED) is 0.340. The normalized spacial score (nSPS) is 12.1. The van der Waals surface area contributed by atoms with Gasteiger partial charge in [-0.15, -0.1) is 23.1 Å². The number of amides is 2. The largest absolute Gasteiger partial charge is 0.478 e. The summed E-state index contributed by atoms with van der Waals surface area (Å²) < 4.78 is 0. The van der Waals surface area contributed by atoms with Gasteiger partial charge in [-0.2, -0.15) is 0 Å². The fraction of sp³-hybridized carbons (Fsp3) is 0.0909. The van der Waals surface area contributed by atoms with E-state index in [-0.39, 0.29) is 11.5 Å². The predicted octanol–water partition coefficient (Wildman–Crippen LogP) is 4.58. The summed E-state index contributed by atoms with van der Waals surface area (Å²) in [5.74, 6) is -1.85. The van der Waals surface area contributed by atoms with Gasteiger partial charge in [0.25, 0.3) is 0 Å². The van der Waals surface area contributed by atoms with Crippen LogP contribution in [0.15, 0.2) is 82.7 Å². The summed E-state index contributed by atoms with van der Waals surface area (Å²) in [6.07, 6.45) is 2.66. The van der Waals surface area contributed by atoms with Gasteiger partial charge in [0.1, 0.15) is 5.25 Å². The number of rotatable bonds is 8. The Balaban J connectivity index is 1.72. The molecule has 158 valence electrons. The number of hydrogen-bond acceptors (Lipinski definition) is 6. The standard InChI is InChI=1S/C22H19N3O4S2/c1-14(21(28)29)13-18(26)24-16-7-9-17(10-8-16)31-19(15-5-3-2-4-6-15)20(27)25-22-23-11-12-30-22/h2-13,19H,1H3,(H,24,26)(H,28,29)(H,23,25,27). The van der Waals surface area contributed by atoms with E-state index in [0.717, 1.165) is 16.5 Å². The van der Waals surface area contributed by atoms with Crippen molar-refractivity contribution in [1.29, 1.82) is 0 Å². The summed E-state index contributed by atoms with van der Waals surface area (Å²) in [5.41, 5.74) is 1.32. The molecule has 2 aromatic carbocycles. The molecule has 3 N–H and O–H groups in total. The third-order valence-electron chi connectivity index (χ3n) is 4.06. The average molecular weight is 454 g/mol. The van der Waals surface area contributed by atoms with E-state index in [1.54, 1.807) is 35.8 Å². The predicted molar refractivity (Wildman–Crippen MR) is 122 cm³/mol. The van der Waals surface area contributed by atoms with Gasteiger partial charge < -0.3 is 15.7 Å². The van der Waals surface area contributed by atoms with Crippen LogP contribution in [0.3, 0.4) is 0 Å². The van der Waals surface area contributed by atoms with Crippen LogP contribution in [0.4, 0.5) is 10.8 Å². The smallest absolute Gasteiger partial charge is 0.331 e. The molecule has 0 saturated heterocycles. The van der Waals surface area contributed by atoms with Gasteiger partial charge >= 0.3 is 5.97 Å². The number of carbonyl (C=O) groups is 3. The molecule has 9 heteroatoms. The lowest BCUT2D eigenvalue weighted by Gasteiger charge is -2.16. The Kier molecular flexibility index (Phi) is 7.58. The maximum absolute atomic E-state index is 12.9. The molecule has 0 bridgehead atoms. The minimum atomic E-state index is -1.15. The Morgan fingerprint density at radius 2 is 1.77 bits per heavy atom. The Bertz CT molecular complexity index is 1080. The van der Waals surface area contributed by atoms with E-state index < -0.39 is 17.1 Å². The number of benzene rings is 2. The lowest BCUT2D eigenvalue weighted by atomic mass is 10.1. The van der Waals surface area contributed by atoms with Crippen molar-refractivity contribution in [2.75, 3.05) is 10.6 Å². The second-order valence-electron chi connectivity index (χ2n) is 6.38. The van der Waals surface area contributed by atoms with Crippen molar-refractivity contribution >= 4 is 51.7 Å². The Morgan fingerprint density at radius 3 is 2.39 bits per heavy atom. The number of nitrogens with zero attached hydrogens (tertiary/aromatic N) is 1. The minimum absolute atomic E-state index is 0.0541. The molecule has 0 aliphatic rings. The highest BCUT2D eigenvalue weighted by atomic mass is 32.2. The zero-order chi connectivity index (χ0) is 22.2. The number of thioether (sulfide) groups is 1. The zero-order valence-corrected chi connectivity index (χ0v) is 18.1. The molecule has 1 aromatic heterocycles. The van der Waals surface area contributed by atoms with E-state index in [2.05, 4.69) is 15.6 Å².